The molecule has 0 spiro atoms. The van der Waals surface area contributed by atoms with E-state index < -0.39 is 45.3 Å². The van der Waals surface area contributed by atoms with Crippen LogP contribution in [0.4, 0.5) is 0 Å². The van der Waals surface area contributed by atoms with Crippen LogP contribution in [0.1, 0.15) is 17.5 Å². The standard InChI is InChI=1S/C20H24O8S2/c1-14-4-8-16(9-5-14)29(21,22)26-13-19-18(12-20(25-3)27-19)28-30(23,24)17-10-6-15(2)7-11-17/h4-11,18-20H,12-13H2,1-3H3. The Balaban J connectivity index is 1.72. The number of rotatable bonds is 8. The molecule has 10 heteroatoms. The minimum absolute atomic E-state index is 0.000802. The molecule has 0 aromatic heterocycles. The van der Waals surface area contributed by atoms with Crippen molar-refractivity contribution in [2.24, 2.45) is 0 Å². The van der Waals surface area contributed by atoms with E-state index in [2.05, 4.69) is 0 Å². The van der Waals surface area contributed by atoms with Crippen molar-refractivity contribution >= 4 is 20.2 Å². The van der Waals surface area contributed by atoms with Gasteiger partial charge in [-0.25, -0.2) is 0 Å². The van der Waals surface area contributed by atoms with Gasteiger partial charge in [0.25, 0.3) is 20.2 Å². The molecule has 1 saturated heterocycles. The Hall–Kier alpha value is -1.82. The van der Waals surface area contributed by atoms with Crippen molar-refractivity contribution in [1.82, 2.24) is 0 Å². The van der Waals surface area contributed by atoms with E-state index in [1.54, 1.807) is 24.3 Å². The van der Waals surface area contributed by atoms with E-state index in [4.69, 9.17) is 17.8 Å². The third-order valence-electron chi connectivity index (χ3n) is 4.69. The van der Waals surface area contributed by atoms with Crippen LogP contribution in [0.3, 0.4) is 0 Å². The van der Waals surface area contributed by atoms with Gasteiger partial charge in [-0.2, -0.15) is 16.8 Å². The zero-order valence-electron chi connectivity index (χ0n) is 16.8. The van der Waals surface area contributed by atoms with Crippen molar-refractivity contribution < 1.29 is 34.7 Å². The van der Waals surface area contributed by atoms with Crippen LogP contribution in [0.25, 0.3) is 0 Å². The first-order valence-corrected chi connectivity index (χ1v) is 12.1. The van der Waals surface area contributed by atoms with Crippen LogP contribution in [-0.4, -0.2) is 49.1 Å². The Morgan fingerprint density at radius 3 is 1.87 bits per heavy atom. The summed E-state index contributed by atoms with van der Waals surface area (Å²) in [5.74, 6) is 0. The quantitative estimate of drug-likeness (QED) is 0.558. The maximum Gasteiger partial charge on any atom is 0.297 e. The van der Waals surface area contributed by atoms with Gasteiger partial charge < -0.3 is 9.47 Å². The molecule has 2 aromatic carbocycles. The summed E-state index contributed by atoms with van der Waals surface area (Å²) >= 11 is 0. The van der Waals surface area contributed by atoms with Gasteiger partial charge >= 0.3 is 0 Å². The lowest BCUT2D eigenvalue weighted by atomic mass is 10.2. The summed E-state index contributed by atoms with van der Waals surface area (Å²) in [6, 6.07) is 12.4. The highest BCUT2D eigenvalue weighted by atomic mass is 32.2. The highest BCUT2D eigenvalue weighted by Gasteiger charge is 2.40. The molecule has 1 aliphatic heterocycles. The van der Waals surface area contributed by atoms with Gasteiger partial charge in [-0.1, -0.05) is 35.4 Å². The van der Waals surface area contributed by atoms with Gasteiger partial charge in [-0.05, 0) is 38.1 Å². The van der Waals surface area contributed by atoms with Gasteiger partial charge in [0, 0.05) is 13.5 Å². The predicted molar refractivity (Wildman–Crippen MR) is 108 cm³/mol. The van der Waals surface area contributed by atoms with Gasteiger partial charge in [0.05, 0.1) is 16.4 Å². The molecule has 8 nitrogen and oxygen atoms in total. The maximum atomic E-state index is 12.6. The Kier molecular flexibility index (Phi) is 6.95. The van der Waals surface area contributed by atoms with E-state index >= 15 is 0 Å². The second kappa shape index (κ2) is 9.13. The number of hydrogen-bond acceptors (Lipinski definition) is 8. The number of aryl methyl sites for hydroxylation is 2. The number of hydrogen-bond donors (Lipinski definition) is 0. The molecule has 1 aliphatic rings. The highest BCUT2D eigenvalue weighted by molar-refractivity contribution is 7.87. The zero-order chi connectivity index (χ0) is 21.9. The Bertz CT molecular complexity index is 1060. The lowest BCUT2D eigenvalue weighted by Gasteiger charge is -2.18. The van der Waals surface area contributed by atoms with Gasteiger partial charge in [-0.3, -0.25) is 8.37 Å². The fourth-order valence-electron chi connectivity index (χ4n) is 2.93. The normalized spacial score (nSPS) is 22.3. The van der Waals surface area contributed by atoms with Crippen LogP contribution in [0.15, 0.2) is 58.3 Å². The van der Waals surface area contributed by atoms with Crippen molar-refractivity contribution in [3.05, 3.63) is 59.7 Å². The summed E-state index contributed by atoms with van der Waals surface area (Å²) in [4.78, 5) is 0.0000425. The molecule has 0 radical (unpaired) electrons. The van der Waals surface area contributed by atoms with Crippen LogP contribution in [0.2, 0.25) is 0 Å². The molecule has 0 bridgehead atoms. The average molecular weight is 457 g/mol. The van der Waals surface area contributed by atoms with Crippen molar-refractivity contribution in [1.29, 1.82) is 0 Å². The van der Waals surface area contributed by atoms with Crippen LogP contribution < -0.4 is 0 Å². The van der Waals surface area contributed by atoms with Crippen molar-refractivity contribution in [3.63, 3.8) is 0 Å². The summed E-state index contributed by atoms with van der Waals surface area (Å²) in [6.07, 6.45) is -2.54. The van der Waals surface area contributed by atoms with Crippen LogP contribution in [0, 0.1) is 13.8 Å². The smallest absolute Gasteiger partial charge is 0.297 e. The molecule has 2 aromatic rings. The van der Waals surface area contributed by atoms with Crippen LogP contribution in [-0.2, 0) is 38.1 Å². The summed E-state index contributed by atoms with van der Waals surface area (Å²) in [5.41, 5.74) is 1.82. The van der Waals surface area contributed by atoms with Gasteiger partial charge in [-0.15, -0.1) is 0 Å². The van der Waals surface area contributed by atoms with Crippen molar-refractivity contribution in [2.75, 3.05) is 13.7 Å². The maximum absolute atomic E-state index is 12.6. The minimum atomic E-state index is -4.08. The van der Waals surface area contributed by atoms with E-state index in [-0.39, 0.29) is 16.2 Å². The van der Waals surface area contributed by atoms with Gasteiger partial charge in [0.1, 0.15) is 12.2 Å². The molecule has 30 heavy (non-hydrogen) atoms. The summed E-state index contributed by atoms with van der Waals surface area (Å²) in [7, 11) is -6.71. The Morgan fingerprint density at radius 1 is 0.867 bits per heavy atom. The second-order valence-corrected chi connectivity index (χ2v) is 10.2. The van der Waals surface area contributed by atoms with Crippen molar-refractivity contribution in [3.8, 4) is 0 Å². The molecular formula is C20H24O8S2. The van der Waals surface area contributed by atoms with E-state index in [9.17, 15) is 16.8 Å². The Morgan fingerprint density at radius 2 is 1.37 bits per heavy atom. The molecule has 3 unspecified atom stereocenters. The lowest BCUT2D eigenvalue weighted by Crippen LogP contribution is -2.32. The minimum Gasteiger partial charge on any atom is -0.356 e. The molecule has 1 fully saturated rings. The van der Waals surface area contributed by atoms with Crippen molar-refractivity contribution in [2.45, 2.75) is 48.6 Å². The molecule has 3 atom stereocenters. The third-order valence-corrected chi connectivity index (χ3v) is 7.33. The molecular weight excluding hydrogens is 432 g/mol. The third kappa shape index (κ3) is 5.45. The molecule has 0 aliphatic carbocycles. The van der Waals surface area contributed by atoms with E-state index in [1.807, 2.05) is 13.8 Å². The molecule has 0 N–H and O–H groups in total. The zero-order valence-corrected chi connectivity index (χ0v) is 18.5. The van der Waals surface area contributed by atoms with E-state index in [0.717, 1.165) is 11.1 Å². The first kappa shape index (κ1) is 22.9. The lowest BCUT2D eigenvalue weighted by molar-refractivity contribution is -0.123. The summed E-state index contributed by atoms with van der Waals surface area (Å²) in [5, 5.41) is 0. The first-order valence-electron chi connectivity index (χ1n) is 9.25. The van der Waals surface area contributed by atoms with E-state index in [0.29, 0.717) is 0 Å². The van der Waals surface area contributed by atoms with E-state index in [1.165, 1.54) is 31.4 Å². The largest absolute Gasteiger partial charge is 0.356 e. The van der Waals surface area contributed by atoms with Crippen LogP contribution in [0.5, 0.6) is 0 Å². The summed E-state index contributed by atoms with van der Waals surface area (Å²) < 4.78 is 71.3. The number of ether oxygens (including phenoxy) is 2. The molecule has 3 rings (SSSR count). The van der Waals surface area contributed by atoms with Gasteiger partial charge in [0.15, 0.2) is 6.29 Å². The Labute approximate surface area is 177 Å². The first-order chi connectivity index (χ1) is 14.1. The topological polar surface area (TPSA) is 105 Å². The average Bonchev–Trinajstić information content (AvgIpc) is 3.08. The number of benzene rings is 2. The predicted octanol–water partition coefficient (Wildman–Crippen LogP) is 2.54. The highest BCUT2D eigenvalue weighted by Crippen LogP contribution is 2.28. The van der Waals surface area contributed by atoms with Gasteiger partial charge in [0.2, 0.25) is 0 Å². The molecule has 0 saturated carbocycles. The SMILES string of the molecule is COC1CC(OS(=O)(=O)c2ccc(C)cc2)C(COS(=O)(=O)c2ccc(C)cc2)O1. The van der Waals surface area contributed by atoms with Crippen LogP contribution >= 0.6 is 0 Å². The molecule has 1 heterocycles. The monoisotopic (exact) mass is 456 g/mol. The molecule has 164 valence electrons. The fourth-order valence-corrected chi connectivity index (χ4v) is 4.96. The summed E-state index contributed by atoms with van der Waals surface area (Å²) in [6.45, 7) is 3.27. The molecule has 0 amide bonds. The second-order valence-electron chi connectivity index (χ2n) is 7.03. The number of methoxy groups -OCH3 is 1. The fraction of sp³-hybridized carbons (Fsp3) is 0.400.